The molecule has 0 aromatic rings. The zero-order valence-electron chi connectivity index (χ0n) is 43.9. The molecule has 0 N–H and O–H groups in total. The molecule has 0 aliphatic heterocycles. The molecule has 1 unspecified atom stereocenters. The summed E-state index contributed by atoms with van der Waals surface area (Å²) in [4.78, 5) is 38.0. The summed E-state index contributed by atoms with van der Waals surface area (Å²) in [6.45, 7) is 6.47. The van der Waals surface area contributed by atoms with Gasteiger partial charge in [-0.2, -0.15) is 0 Å². The van der Waals surface area contributed by atoms with E-state index in [2.05, 4.69) is 106 Å². The fraction of sp³-hybridized carbons (Fsp3) is 0.721. The molecule has 0 aromatic carbocycles. The molecule has 0 aromatic heterocycles. The van der Waals surface area contributed by atoms with Gasteiger partial charge in [-0.15, -0.1) is 0 Å². The highest BCUT2D eigenvalue weighted by molar-refractivity contribution is 5.71. The van der Waals surface area contributed by atoms with E-state index in [0.29, 0.717) is 12.8 Å². The van der Waals surface area contributed by atoms with Crippen molar-refractivity contribution in [1.82, 2.24) is 0 Å². The first-order chi connectivity index (χ1) is 33.0. The lowest BCUT2D eigenvalue weighted by molar-refractivity contribution is -0.167. The Morgan fingerprint density at radius 1 is 0.313 bits per heavy atom. The lowest BCUT2D eigenvalue weighted by Crippen LogP contribution is -2.30. The Hall–Kier alpha value is -3.41. The van der Waals surface area contributed by atoms with E-state index < -0.39 is 6.10 Å². The van der Waals surface area contributed by atoms with Gasteiger partial charge >= 0.3 is 17.9 Å². The molecule has 6 heteroatoms. The molecule has 0 radical (unpaired) electrons. The smallest absolute Gasteiger partial charge is 0.306 e. The lowest BCUT2D eigenvalue weighted by Gasteiger charge is -2.18. The van der Waals surface area contributed by atoms with Gasteiger partial charge in [0.2, 0.25) is 0 Å². The van der Waals surface area contributed by atoms with Crippen molar-refractivity contribution in [2.24, 2.45) is 0 Å². The summed E-state index contributed by atoms with van der Waals surface area (Å²) >= 11 is 0. The SMILES string of the molecule is CC/C=C\C/C=C\C/C=C\C/C=C\C/C=C\CCCCCC(=O)OC(COC(=O)CCCCCCCCCCC)COC(=O)CCCCCCCCCCC/C=C\C/C=C\CCCCCCC. The van der Waals surface area contributed by atoms with Crippen LogP contribution in [-0.2, 0) is 28.6 Å². The molecule has 0 fully saturated rings. The minimum atomic E-state index is -0.794. The van der Waals surface area contributed by atoms with Crippen LogP contribution in [0.5, 0.6) is 0 Å². The number of hydrogen-bond acceptors (Lipinski definition) is 6. The van der Waals surface area contributed by atoms with Crippen molar-refractivity contribution < 1.29 is 28.6 Å². The summed E-state index contributed by atoms with van der Waals surface area (Å²) in [5.74, 6) is -0.926. The van der Waals surface area contributed by atoms with Crippen molar-refractivity contribution in [2.45, 2.75) is 271 Å². The molecule has 0 aliphatic rings. The Kier molecular flexibility index (Phi) is 52.4. The molecule has 0 saturated carbocycles. The molecule has 0 heterocycles. The van der Waals surface area contributed by atoms with E-state index in [4.69, 9.17) is 14.2 Å². The molecule has 0 spiro atoms. The third-order valence-electron chi connectivity index (χ3n) is 11.9. The minimum Gasteiger partial charge on any atom is -0.462 e. The van der Waals surface area contributed by atoms with Crippen LogP contribution in [-0.4, -0.2) is 37.2 Å². The van der Waals surface area contributed by atoms with Crippen molar-refractivity contribution >= 4 is 17.9 Å². The zero-order valence-corrected chi connectivity index (χ0v) is 43.9. The normalized spacial score (nSPS) is 12.7. The van der Waals surface area contributed by atoms with Gasteiger partial charge in [-0.3, -0.25) is 14.4 Å². The number of esters is 3. The fourth-order valence-electron chi connectivity index (χ4n) is 7.68. The van der Waals surface area contributed by atoms with Crippen molar-refractivity contribution in [3.05, 3.63) is 85.1 Å². The summed E-state index contributed by atoms with van der Waals surface area (Å²) in [6.07, 6.45) is 71.5. The molecule has 0 bridgehead atoms. The van der Waals surface area contributed by atoms with Crippen LogP contribution in [0.1, 0.15) is 265 Å². The molecule has 0 saturated heterocycles. The van der Waals surface area contributed by atoms with E-state index in [-0.39, 0.29) is 37.5 Å². The van der Waals surface area contributed by atoms with Crippen molar-refractivity contribution in [3.8, 4) is 0 Å². The van der Waals surface area contributed by atoms with E-state index >= 15 is 0 Å². The number of hydrogen-bond donors (Lipinski definition) is 0. The average molecular weight is 933 g/mol. The highest BCUT2D eigenvalue weighted by Gasteiger charge is 2.19. The van der Waals surface area contributed by atoms with Crippen LogP contribution in [0.25, 0.3) is 0 Å². The van der Waals surface area contributed by atoms with Gasteiger partial charge in [0.05, 0.1) is 0 Å². The number of rotatable bonds is 50. The molecule has 67 heavy (non-hydrogen) atoms. The maximum Gasteiger partial charge on any atom is 0.306 e. The van der Waals surface area contributed by atoms with Crippen LogP contribution < -0.4 is 0 Å². The molecule has 0 aliphatic carbocycles. The monoisotopic (exact) mass is 933 g/mol. The maximum absolute atomic E-state index is 12.8. The van der Waals surface area contributed by atoms with Crippen LogP contribution in [0.3, 0.4) is 0 Å². The summed E-state index contributed by atoms with van der Waals surface area (Å²) in [7, 11) is 0. The van der Waals surface area contributed by atoms with Crippen molar-refractivity contribution in [1.29, 1.82) is 0 Å². The van der Waals surface area contributed by atoms with Crippen LogP contribution in [0.2, 0.25) is 0 Å². The molecule has 0 amide bonds. The topological polar surface area (TPSA) is 78.9 Å². The van der Waals surface area contributed by atoms with Crippen LogP contribution in [0.15, 0.2) is 85.1 Å². The second-order valence-corrected chi connectivity index (χ2v) is 18.5. The van der Waals surface area contributed by atoms with E-state index in [9.17, 15) is 14.4 Å². The van der Waals surface area contributed by atoms with Crippen LogP contribution in [0.4, 0.5) is 0 Å². The van der Waals surface area contributed by atoms with Gasteiger partial charge < -0.3 is 14.2 Å². The van der Waals surface area contributed by atoms with Gasteiger partial charge in [0.1, 0.15) is 13.2 Å². The molecular weight excluding hydrogens is 829 g/mol. The standard InChI is InChI=1S/C61H104O6/c1-4-7-10-13-16-19-21-23-25-27-29-30-32-33-35-37-39-42-45-48-51-54-60(63)66-57-58(56-65-59(62)53-50-47-44-41-18-15-12-9-6-3)67-61(64)55-52-49-46-43-40-38-36-34-31-28-26-24-22-20-17-14-11-8-5-2/h8,11,17,20-21,23-24,26-27,29,31,34,38,40,58H,4-7,9-10,12-16,18-19,22,25,28,30,32-33,35-37,39,41-57H2,1-3H3/b11-8-,20-17-,23-21-,26-24-,29-27-,34-31-,40-38-. The van der Waals surface area contributed by atoms with Gasteiger partial charge in [0.15, 0.2) is 6.10 Å². The van der Waals surface area contributed by atoms with E-state index in [1.54, 1.807) is 0 Å². The van der Waals surface area contributed by atoms with E-state index in [1.807, 2.05) is 0 Å². The minimum absolute atomic E-state index is 0.0903. The lowest BCUT2D eigenvalue weighted by atomic mass is 10.1. The molecule has 6 nitrogen and oxygen atoms in total. The Morgan fingerprint density at radius 3 is 0.925 bits per heavy atom. The quantitative estimate of drug-likeness (QED) is 0.0262. The molecular formula is C61H104O6. The zero-order chi connectivity index (χ0) is 48.6. The third-order valence-corrected chi connectivity index (χ3v) is 11.9. The number of carbonyl (C=O) groups is 3. The number of carbonyl (C=O) groups excluding carboxylic acids is 3. The predicted octanol–water partition coefficient (Wildman–Crippen LogP) is 18.8. The largest absolute Gasteiger partial charge is 0.462 e. The highest BCUT2D eigenvalue weighted by Crippen LogP contribution is 2.15. The highest BCUT2D eigenvalue weighted by atomic mass is 16.6. The van der Waals surface area contributed by atoms with E-state index in [1.165, 1.54) is 122 Å². The number of unbranched alkanes of at least 4 members (excludes halogenated alkanes) is 25. The van der Waals surface area contributed by atoms with Crippen LogP contribution in [0, 0.1) is 0 Å². The van der Waals surface area contributed by atoms with Crippen molar-refractivity contribution in [2.75, 3.05) is 13.2 Å². The first-order valence-corrected chi connectivity index (χ1v) is 28.1. The molecule has 0 rings (SSSR count). The van der Waals surface area contributed by atoms with Crippen LogP contribution >= 0.6 is 0 Å². The Labute approximate surface area is 414 Å². The number of ether oxygens (including phenoxy) is 3. The molecule has 384 valence electrons. The predicted molar refractivity (Wildman–Crippen MR) is 288 cm³/mol. The summed E-state index contributed by atoms with van der Waals surface area (Å²) in [6, 6.07) is 0. The Bertz CT molecular complexity index is 1300. The summed E-state index contributed by atoms with van der Waals surface area (Å²) in [5, 5.41) is 0. The average Bonchev–Trinajstić information content (AvgIpc) is 3.33. The number of allylic oxidation sites excluding steroid dienone is 14. The first kappa shape index (κ1) is 63.6. The van der Waals surface area contributed by atoms with Gasteiger partial charge in [0.25, 0.3) is 0 Å². The first-order valence-electron chi connectivity index (χ1n) is 28.1. The van der Waals surface area contributed by atoms with Gasteiger partial charge in [-0.05, 0) is 96.3 Å². The third kappa shape index (κ3) is 53.4. The van der Waals surface area contributed by atoms with Gasteiger partial charge in [0, 0.05) is 19.3 Å². The second kappa shape index (κ2) is 55.2. The fourth-order valence-corrected chi connectivity index (χ4v) is 7.68. The second-order valence-electron chi connectivity index (χ2n) is 18.5. The summed E-state index contributed by atoms with van der Waals surface area (Å²) < 4.78 is 16.8. The van der Waals surface area contributed by atoms with E-state index in [0.717, 1.165) is 103 Å². The van der Waals surface area contributed by atoms with Gasteiger partial charge in [-0.25, -0.2) is 0 Å². The Balaban J connectivity index is 4.35. The molecule has 1 atom stereocenters. The maximum atomic E-state index is 12.8. The summed E-state index contributed by atoms with van der Waals surface area (Å²) in [5.41, 5.74) is 0. The Morgan fingerprint density at radius 2 is 0.582 bits per heavy atom. The van der Waals surface area contributed by atoms with Gasteiger partial charge in [-0.1, -0.05) is 234 Å². The van der Waals surface area contributed by atoms with Crippen molar-refractivity contribution in [3.63, 3.8) is 0 Å².